The Hall–Kier alpha value is -0.850. The van der Waals surface area contributed by atoms with Gasteiger partial charge in [0.05, 0.1) is 6.10 Å². The minimum Gasteiger partial charge on any atom is -0.382 e. The van der Waals surface area contributed by atoms with Gasteiger partial charge >= 0.3 is 0 Å². The van der Waals surface area contributed by atoms with E-state index in [1.54, 1.807) is 0 Å². The molecule has 0 aromatic carbocycles. The van der Waals surface area contributed by atoms with Gasteiger partial charge in [-0.15, -0.1) is 0 Å². The number of guanidine groups is 1. The Morgan fingerprint density at radius 2 is 1.85 bits per heavy atom. The fraction of sp³-hybridized carbons (Fsp3) is 0.952. The SMILES string of the molecule is CCNC(=NCC1(CCOCC)CCCC1)NCC(CCN(C)C)OCC. The number of hydrogen-bond donors (Lipinski definition) is 2. The number of ether oxygens (including phenoxy) is 2. The average Bonchev–Trinajstić information content (AvgIpc) is 3.11. The third kappa shape index (κ3) is 10.3. The van der Waals surface area contributed by atoms with E-state index < -0.39 is 0 Å². The van der Waals surface area contributed by atoms with Crippen LogP contribution >= 0.6 is 0 Å². The van der Waals surface area contributed by atoms with Crippen molar-refractivity contribution in [3.63, 3.8) is 0 Å². The van der Waals surface area contributed by atoms with Gasteiger partial charge in [-0.25, -0.2) is 0 Å². The fourth-order valence-corrected chi connectivity index (χ4v) is 3.73. The molecule has 0 amide bonds. The summed E-state index contributed by atoms with van der Waals surface area (Å²) in [7, 11) is 4.20. The van der Waals surface area contributed by atoms with Gasteiger partial charge in [-0.05, 0) is 66.0 Å². The van der Waals surface area contributed by atoms with Crippen LogP contribution in [-0.4, -0.2) is 77.1 Å². The maximum atomic E-state index is 5.90. The molecule has 2 N–H and O–H groups in total. The van der Waals surface area contributed by atoms with E-state index in [-0.39, 0.29) is 6.10 Å². The van der Waals surface area contributed by atoms with Gasteiger partial charge in [-0.2, -0.15) is 0 Å². The first-order valence-electron chi connectivity index (χ1n) is 10.9. The Labute approximate surface area is 167 Å². The number of hydrogen-bond acceptors (Lipinski definition) is 4. The molecule has 0 saturated heterocycles. The van der Waals surface area contributed by atoms with E-state index in [1.807, 2.05) is 0 Å². The maximum Gasteiger partial charge on any atom is 0.191 e. The molecular weight excluding hydrogens is 340 g/mol. The number of aliphatic imine (C=N–C) groups is 1. The fourth-order valence-electron chi connectivity index (χ4n) is 3.73. The van der Waals surface area contributed by atoms with Gasteiger partial charge in [-0.3, -0.25) is 4.99 Å². The maximum absolute atomic E-state index is 5.90. The smallest absolute Gasteiger partial charge is 0.191 e. The molecule has 0 aromatic rings. The van der Waals surface area contributed by atoms with Gasteiger partial charge in [-0.1, -0.05) is 12.8 Å². The molecule has 1 aliphatic carbocycles. The van der Waals surface area contributed by atoms with Crippen LogP contribution in [0, 0.1) is 5.41 Å². The summed E-state index contributed by atoms with van der Waals surface area (Å²) in [6, 6.07) is 0. The quantitative estimate of drug-likeness (QED) is 0.274. The first kappa shape index (κ1) is 24.2. The minimum atomic E-state index is 0.208. The van der Waals surface area contributed by atoms with Gasteiger partial charge in [0.25, 0.3) is 0 Å². The van der Waals surface area contributed by atoms with Crippen LogP contribution in [0.1, 0.15) is 59.3 Å². The van der Waals surface area contributed by atoms with Crippen molar-refractivity contribution in [1.29, 1.82) is 0 Å². The number of rotatable bonds is 14. The van der Waals surface area contributed by atoms with E-state index in [0.717, 1.165) is 64.8 Å². The van der Waals surface area contributed by atoms with E-state index in [2.05, 4.69) is 50.4 Å². The predicted octanol–water partition coefficient (Wildman–Crippen LogP) is 2.89. The zero-order valence-electron chi connectivity index (χ0n) is 18.5. The Balaban J connectivity index is 2.60. The second-order valence-corrected chi connectivity index (χ2v) is 7.90. The second-order valence-electron chi connectivity index (χ2n) is 7.90. The molecule has 0 aliphatic heterocycles. The molecule has 6 nitrogen and oxygen atoms in total. The summed E-state index contributed by atoms with van der Waals surface area (Å²) in [5, 5.41) is 6.90. The molecule has 1 aliphatic rings. The first-order chi connectivity index (χ1) is 13.0. The zero-order valence-corrected chi connectivity index (χ0v) is 18.5. The summed E-state index contributed by atoms with van der Waals surface area (Å²) in [4.78, 5) is 7.15. The molecule has 1 saturated carbocycles. The lowest BCUT2D eigenvalue weighted by Crippen LogP contribution is -2.43. The molecule has 0 heterocycles. The monoisotopic (exact) mass is 384 g/mol. The Bertz CT molecular complexity index is 396. The topological polar surface area (TPSA) is 58.1 Å². The van der Waals surface area contributed by atoms with Gasteiger partial charge in [0.15, 0.2) is 5.96 Å². The van der Waals surface area contributed by atoms with Crippen molar-refractivity contribution in [3.05, 3.63) is 0 Å². The minimum absolute atomic E-state index is 0.208. The molecule has 0 spiro atoms. The highest BCUT2D eigenvalue weighted by Gasteiger charge is 2.33. The molecule has 1 unspecified atom stereocenters. The molecule has 160 valence electrons. The van der Waals surface area contributed by atoms with E-state index in [0.29, 0.717) is 5.41 Å². The van der Waals surface area contributed by atoms with E-state index in [1.165, 1.54) is 25.7 Å². The lowest BCUT2D eigenvalue weighted by atomic mass is 9.83. The highest BCUT2D eigenvalue weighted by atomic mass is 16.5. The van der Waals surface area contributed by atoms with Crippen molar-refractivity contribution in [3.8, 4) is 0 Å². The molecule has 0 aromatic heterocycles. The van der Waals surface area contributed by atoms with Gasteiger partial charge in [0.1, 0.15) is 0 Å². The predicted molar refractivity (Wildman–Crippen MR) is 115 cm³/mol. The van der Waals surface area contributed by atoms with Crippen LogP contribution in [0.2, 0.25) is 0 Å². The molecule has 1 atom stereocenters. The van der Waals surface area contributed by atoms with Crippen molar-refractivity contribution in [2.45, 2.75) is 65.4 Å². The second kappa shape index (κ2) is 14.2. The third-order valence-electron chi connectivity index (χ3n) is 5.36. The summed E-state index contributed by atoms with van der Waals surface area (Å²) in [5.41, 5.74) is 0.321. The number of nitrogens with zero attached hydrogens (tertiary/aromatic N) is 2. The first-order valence-corrected chi connectivity index (χ1v) is 10.9. The Morgan fingerprint density at radius 1 is 1.11 bits per heavy atom. The van der Waals surface area contributed by atoms with E-state index in [9.17, 15) is 0 Å². The van der Waals surface area contributed by atoms with Crippen molar-refractivity contribution in [1.82, 2.24) is 15.5 Å². The van der Waals surface area contributed by atoms with Crippen molar-refractivity contribution in [2.24, 2.45) is 10.4 Å². The van der Waals surface area contributed by atoms with Crippen molar-refractivity contribution in [2.75, 3.05) is 60.1 Å². The summed E-state index contributed by atoms with van der Waals surface area (Å²) < 4.78 is 11.5. The van der Waals surface area contributed by atoms with Gasteiger partial charge in [0, 0.05) is 46.0 Å². The average molecular weight is 385 g/mol. The van der Waals surface area contributed by atoms with Gasteiger partial charge in [0.2, 0.25) is 0 Å². The summed E-state index contributed by atoms with van der Waals surface area (Å²) in [5.74, 6) is 0.912. The molecule has 27 heavy (non-hydrogen) atoms. The van der Waals surface area contributed by atoms with Crippen molar-refractivity contribution < 1.29 is 9.47 Å². The number of nitrogens with one attached hydrogen (secondary N) is 2. The standard InChI is InChI=1S/C21H44N4O2/c1-6-22-20(23-17-19(27-8-3)11-15-25(4)5)24-18-21(12-9-10-13-21)14-16-26-7-2/h19H,6-18H2,1-5H3,(H2,22,23,24). The lowest BCUT2D eigenvalue weighted by Gasteiger charge is -2.28. The zero-order chi connectivity index (χ0) is 20.0. The molecular formula is C21H44N4O2. The molecule has 1 rings (SSSR count). The molecule has 6 heteroatoms. The summed E-state index contributed by atoms with van der Waals surface area (Å²) in [6.07, 6.45) is 7.53. The van der Waals surface area contributed by atoms with Crippen LogP contribution in [0.3, 0.4) is 0 Å². The van der Waals surface area contributed by atoms with Crippen LogP contribution in [-0.2, 0) is 9.47 Å². The summed E-state index contributed by atoms with van der Waals surface area (Å²) >= 11 is 0. The van der Waals surface area contributed by atoms with Crippen LogP contribution in [0.5, 0.6) is 0 Å². The summed E-state index contributed by atoms with van der Waals surface area (Å²) in [6.45, 7) is 12.2. The Morgan fingerprint density at radius 3 is 2.44 bits per heavy atom. The lowest BCUT2D eigenvalue weighted by molar-refractivity contribution is 0.0548. The van der Waals surface area contributed by atoms with Gasteiger partial charge < -0.3 is 25.0 Å². The Kier molecular flexibility index (Phi) is 12.7. The normalized spacial score (nSPS) is 18.1. The highest BCUT2D eigenvalue weighted by molar-refractivity contribution is 5.79. The van der Waals surface area contributed by atoms with Crippen LogP contribution in [0.15, 0.2) is 4.99 Å². The van der Waals surface area contributed by atoms with Crippen molar-refractivity contribution >= 4 is 5.96 Å². The largest absolute Gasteiger partial charge is 0.382 e. The van der Waals surface area contributed by atoms with Crippen LogP contribution in [0.4, 0.5) is 0 Å². The molecule has 0 bridgehead atoms. The molecule has 1 fully saturated rings. The van der Waals surface area contributed by atoms with Crippen LogP contribution in [0.25, 0.3) is 0 Å². The van der Waals surface area contributed by atoms with Crippen LogP contribution < -0.4 is 10.6 Å². The highest BCUT2D eigenvalue weighted by Crippen LogP contribution is 2.41. The molecule has 0 radical (unpaired) electrons. The third-order valence-corrected chi connectivity index (χ3v) is 5.36. The van der Waals surface area contributed by atoms with E-state index >= 15 is 0 Å². The van der Waals surface area contributed by atoms with E-state index in [4.69, 9.17) is 14.5 Å².